The number of carbonyl (C=O) groups excluding carboxylic acids is 1. The van der Waals surface area contributed by atoms with Crippen LogP contribution in [0.4, 0.5) is 0 Å². The molecule has 0 aromatic carbocycles. The minimum atomic E-state index is -0.544. The van der Waals surface area contributed by atoms with Crippen molar-refractivity contribution in [3.63, 3.8) is 0 Å². The van der Waals surface area contributed by atoms with Gasteiger partial charge in [0.05, 0.1) is 29.2 Å². The van der Waals surface area contributed by atoms with Crippen LogP contribution in [0.1, 0.15) is 23.6 Å². The lowest BCUT2D eigenvalue weighted by Gasteiger charge is -2.22. The highest BCUT2D eigenvalue weighted by molar-refractivity contribution is 7.10. The third-order valence-electron chi connectivity index (χ3n) is 4.06. The molecule has 3 aromatic rings. The number of thiazole rings is 1. The molecule has 6 nitrogen and oxygen atoms in total. The predicted octanol–water partition coefficient (Wildman–Crippen LogP) is 2.06. The summed E-state index contributed by atoms with van der Waals surface area (Å²) in [5, 5.41) is 1.91. The third-order valence-corrected chi connectivity index (χ3v) is 5.96. The standard InChI is InChI=1S/C18H14N2O4S2/c1-10-14(17(22)23-2)15(12-6-4-8-25-12)20-16(21)13(26-18(20)19-10)9-11-5-3-7-24-11/h3-9,15H,1-2H3/b13-9+. The topological polar surface area (TPSA) is 73.8 Å². The van der Waals surface area contributed by atoms with E-state index in [0.29, 0.717) is 26.4 Å². The van der Waals surface area contributed by atoms with Crippen molar-refractivity contribution in [1.82, 2.24) is 4.57 Å². The summed E-state index contributed by atoms with van der Waals surface area (Å²) >= 11 is 2.76. The summed E-state index contributed by atoms with van der Waals surface area (Å²) in [4.78, 5) is 31.4. The fraction of sp³-hybridized carbons (Fsp3) is 0.167. The number of rotatable bonds is 3. The number of allylic oxidation sites excluding steroid dienone is 1. The molecule has 0 spiro atoms. The number of fused-ring (bicyclic) bond motifs is 1. The van der Waals surface area contributed by atoms with Gasteiger partial charge >= 0.3 is 5.97 Å². The van der Waals surface area contributed by atoms with E-state index in [4.69, 9.17) is 9.15 Å². The van der Waals surface area contributed by atoms with Crippen molar-refractivity contribution >= 4 is 34.7 Å². The largest absolute Gasteiger partial charge is 0.466 e. The molecule has 1 aliphatic heterocycles. The van der Waals surface area contributed by atoms with Crippen molar-refractivity contribution in [3.05, 3.63) is 77.5 Å². The molecule has 4 rings (SSSR count). The van der Waals surface area contributed by atoms with Crippen LogP contribution >= 0.6 is 22.7 Å². The molecule has 1 unspecified atom stereocenters. The minimum Gasteiger partial charge on any atom is -0.466 e. The molecule has 132 valence electrons. The summed E-state index contributed by atoms with van der Waals surface area (Å²) in [5.74, 6) is 0.108. The molecule has 0 saturated carbocycles. The van der Waals surface area contributed by atoms with Gasteiger partial charge in [0.1, 0.15) is 11.8 Å². The molecule has 4 heterocycles. The first kappa shape index (κ1) is 16.7. The number of methoxy groups -OCH3 is 1. The summed E-state index contributed by atoms with van der Waals surface area (Å²) in [5.41, 5.74) is 0.727. The molecule has 1 atom stereocenters. The van der Waals surface area contributed by atoms with Crippen LogP contribution in [0, 0.1) is 0 Å². The van der Waals surface area contributed by atoms with E-state index in [1.807, 2.05) is 17.5 Å². The smallest absolute Gasteiger partial charge is 0.338 e. The Labute approximate surface area is 156 Å². The Hall–Kier alpha value is -2.71. The fourth-order valence-electron chi connectivity index (χ4n) is 2.91. The minimum absolute atomic E-state index is 0.211. The van der Waals surface area contributed by atoms with E-state index in [0.717, 1.165) is 4.88 Å². The van der Waals surface area contributed by atoms with Gasteiger partial charge in [0.2, 0.25) is 0 Å². The number of hydrogen-bond acceptors (Lipinski definition) is 7. The van der Waals surface area contributed by atoms with E-state index in [9.17, 15) is 9.59 Å². The summed E-state index contributed by atoms with van der Waals surface area (Å²) in [6.07, 6.45) is 3.24. The van der Waals surface area contributed by atoms with Crippen LogP contribution in [0.2, 0.25) is 0 Å². The van der Waals surface area contributed by atoms with Gasteiger partial charge in [0.15, 0.2) is 4.80 Å². The van der Waals surface area contributed by atoms with Crippen molar-refractivity contribution in [1.29, 1.82) is 0 Å². The zero-order valence-corrected chi connectivity index (χ0v) is 15.6. The molecule has 0 N–H and O–H groups in total. The van der Waals surface area contributed by atoms with Gasteiger partial charge in [0, 0.05) is 11.0 Å². The zero-order chi connectivity index (χ0) is 18.3. The maximum Gasteiger partial charge on any atom is 0.338 e. The van der Waals surface area contributed by atoms with Gasteiger partial charge in [-0.1, -0.05) is 17.4 Å². The summed E-state index contributed by atoms with van der Waals surface area (Å²) in [6, 6.07) is 6.79. The molecule has 0 aliphatic carbocycles. The number of aromatic nitrogens is 1. The van der Waals surface area contributed by atoms with Gasteiger partial charge < -0.3 is 9.15 Å². The quantitative estimate of drug-likeness (QED) is 0.646. The Morgan fingerprint density at radius 3 is 2.88 bits per heavy atom. The van der Waals surface area contributed by atoms with E-state index >= 15 is 0 Å². The van der Waals surface area contributed by atoms with E-state index in [2.05, 4.69) is 4.99 Å². The van der Waals surface area contributed by atoms with Crippen molar-refractivity contribution in [3.8, 4) is 0 Å². The molecular weight excluding hydrogens is 372 g/mol. The van der Waals surface area contributed by atoms with Gasteiger partial charge in [-0.05, 0) is 30.5 Å². The normalized spacial score (nSPS) is 17.2. The van der Waals surface area contributed by atoms with Gasteiger partial charge in [-0.15, -0.1) is 11.3 Å². The molecule has 3 aromatic heterocycles. The Morgan fingerprint density at radius 2 is 2.23 bits per heavy atom. The van der Waals surface area contributed by atoms with Gasteiger partial charge in [-0.3, -0.25) is 9.36 Å². The number of ether oxygens (including phenoxy) is 1. The van der Waals surface area contributed by atoms with E-state index in [-0.39, 0.29) is 5.56 Å². The van der Waals surface area contributed by atoms with Gasteiger partial charge in [-0.25, -0.2) is 9.79 Å². The molecule has 26 heavy (non-hydrogen) atoms. The van der Waals surface area contributed by atoms with Crippen molar-refractivity contribution < 1.29 is 13.9 Å². The maximum absolute atomic E-state index is 13.1. The highest BCUT2D eigenvalue weighted by atomic mass is 32.1. The highest BCUT2D eigenvalue weighted by Gasteiger charge is 2.33. The van der Waals surface area contributed by atoms with Crippen molar-refractivity contribution in [2.75, 3.05) is 7.11 Å². The molecule has 8 heteroatoms. The van der Waals surface area contributed by atoms with Crippen LogP contribution in [-0.2, 0) is 9.53 Å². The van der Waals surface area contributed by atoms with Crippen LogP contribution < -0.4 is 14.9 Å². The Morgan fingerprint density at radius 1 is 1.38 bits per heavy atom. The van der Waals surface area contributed by atoms with Gasteiger partial charge in [0.25, 0.3) is 5.56 Å². The molecule has 0 fully saturated rings. The monoisotopic (exact) mass is 386 g/mol. The second-order valence-corrected chi connectivity index (χ2v) is 7.59. The molecule has 1 aliphatic rings. The second kappa shape index (κ2) is 6.54. The Bertz CT molecular complexity index is 1170. The fourth-order valence-corrected chi connectivity index (χ4v) is 4.76. The van der Waals surface area contributed by atoms with Crippen LogP contribution in [-0.4, -0.2) is 17.6 Å². The van der Waals surface area contributed by atoms with E-state index in [1.165, 1.54) is 29.8 Å². The SMILES string of the molecule is COC(=O)C1=C(C)N=c2s/c(=C/c3ccco3)c(=O)n2C1c1cccs1. The van der Waals surface area contributed by atoms with Gasteiger partial charge in [-0.2, -0.15) is 0 Å². The first-order chi connectivity index (χ1) is 12.6. The van der Waals surface area contributed by atoms with Crippen LogP contribution in [0.5, 0.6) is 0 Å². The lowest BCUT2D eigenvalue weighted by molar-refractivity contribution is -0.136. The third kappa shape index (κ3) is 2.67. The molecule has 0 amide bonds. The Balaban J connectivity index is 2.00. The average molecular weight is 386 g/mol. The summed E-state index contributed by atoms with van der Waals surface area (Å²) < 4.78 is 12.3. The van der Waals surface area contributed by atoms with E-state index in [1.54, 1.807) is 36.0 Å². The lowest BCUT2D eigenvalue weighted by atomic mass is 10.0. The molecule has 0 bridgehead atoms. The molecule has 0 radical (unpaired) electrons. The van der Waals surface area contributed by atoms with Crippen molar-refractivity contribution in [2.45, 2.75) is 13.0 Å². The lowest BCUT2D eigenvalue weighted by Crippen LogP contribution is -2.39. The number of thiophene rings is 1. The second-order valence-electron chi connectivity index (χ2n) is 5.60. The van der Waals surface area contributed by atoms with Crippen LogP contribution in [0.15, 0.2) is 61.4 Å². The molecule has 0 saturated heterocycles. The molecular formula is C18H14N2O4S2. The first-order valence-corrected chi connectivity index (χ1v) is 9.47. The Kier molecular flexibility index (Phi) is 4.21. The zero-order valence-electron chi connectivity index (χ0n) is 14.0. The van der Waals surface area contributed by atoms with Crippen LogP contribution in [0.3, 0.4) is 0 Å². The average Bonchev–Trinajstić information content (AvgIpc) is 3.37. The van der Waals surface area contributed by atoms with Crippen LogP contribution in [0.25, 0.3) is 6.08 Å². The van der Waals surface area contributed by atoms with Crippen molar-refractivity contribution in [2.24, 2.45) is 4.99 Å². The summed E-state index contributed by atoms with van der Waals surface area (Å²) in [6.45, 7) is 1.76. The first-order valence-electron chi connectivity index (χ1n) is 7.78. The number of esters is 1. The summed E-state index contributed by atoms with van der Waals surface area (Å²) in [7, 11) is 1.33. The number of furan rings is 1. The van der Waals surface area contributed by atoms with E-state index < -0.39 is 12.0 Å². The predicted molar refractivity (Wildman–Crippen MR) is 98.8 cm³/mol. The number of nitrogens with zero attached hydrogens (tertiary/aromatic N) is 2. The highest BCUT2D eigenvalue weighted by Crippen LogP contribution is 2.32. The number of carbonyl (C=O) groups is 1. The maximum atomic E-state index is 13.1. The number of hydrogen-bond donors (Lipinski definition) is 0.